The maximum Gasteiger partial charge on any atom is 0.230 e. The molecule has 0 aromatic heterocycles. The minimum absolute atomic E-state index is 0.00340. The Bertz CT molecular complexity index is 1050. The maximum atomic E-state index is 13.7. The van der Waals surface area contributed by atoms with Crippen LogP contribution in [0.25, 0.3) is 0 Å². The van der Waals surface area contributed by atoms with Crippen molar-refractivity contribution in [3.8, 4) is 0 Å². The second kappa shape index (κ2) is 7.91. The average Bonchev–Trinajstić information content (AvgIpc) is 3.11. The molecule has 2 aliphatic heterocycles. The van der Waals surface area contributed by atoms with Crippen molar-refractivity contribution in [1.29, 1.82) is 0 Å². The van der Waals surface area contributed by atoms with Crippen LogP contribution in [0.15, 0.2) is 58.9 Å². The molecule has 0 saturated carbocycles. The Hall–Kier alpha value is -3.02. The second-order valence-electron chi connectivity index (χ2n) is 9.40. The fourth-order valence-electron chi connectivity index (χ4n) is 4.73. The number of rotatable bonds is 4. The zero-order chi connectivity index (χ0) is 22.3. The van der Waals surface area contributed by atoms with Gasteiger partial charge in [0.2, 0.25) is 5.91 Å². The summed E-state index contributed by atoms with van der Waals surface area (Å²) in [6.07, 6.45) is 0.510. The molecule has 6 heteroatoms. The van der Waals surface area contributed by atoms with Crippen molar-refractivity contribution in [1.82, 2.24) is 5.01 Å². The summed E-state index contributed by atoms with van der Waals surface area (Å²) in [5, 5.41) is 10.8. The fraction of sp³-hybridized carbons (Fsp3) is 0.440. The normalized spacial score (nSPS) is 20.9. The molecule has 6 nitrogen and oxygen atoms in total. The van der Waals surface area contributed by atoms with Crippen LogP contribution in [0.3, 0.4) is 0 Å². The molecule has 0 saturated heterocycles. The first-order valence-corrected chi connectivity index (χ1v) is 10.8. The lowest BCUT2D eigenvalue weighted by Gasteiger charge is -2.36. The van der Waals surface area contributed by atoms with Gasteiger partial charge in [0.25, 0.3) is 0 Å². The van der Waals surface area contributed by atoms with Crippen molar-refractivity contribution in [2.45, 2.75) is 52.7 Å². The molecule has 0 bridgehead atoms. The highest BCUT2D eigenvalue weighted by Crippen LogP contribution is 2.47. The van der Waals surface area contributed by atoms with Gasteiger partial charge in [-0.05, 0) is 30.5 Å². The SMILES string of the molecule is CC(=O)C(C)(C)CC(C)C(=O)N1Cc2ccccc2C2C(N=NN2C)c2ccccc21. The van der Waals surface area contributed by atoms with Crippen molar-refractivity contribution in [2.75, 3.05) is 11.9 Å². The van der Waals surface area contributed by atoms with Gasteiger partial charge in [0.15, 0.2) is 0 Å². The summed E-state index contributed by atoms with van der Waals surface area (Å²) in [5.41, 5.74) is 3.57. The van der Waals surface area contributed by atoms with E-state index in [0.29, 0.717) is 13.0 Å². The van der Waals surface area contributed by atoms with E-state index >= 15 is 0 Å². The number of carbonyl (C=O) groups is 2. The summed E-state index contributed by atoms with van der Waals surface area (Å²) in [6, 6.07) is 16.0. The average molecular weight is 419 g/mol. The van der Waals surface area contributed by atoms with Crippen LogP contribution in [0.5, 0.6) is 0 Å². The van der Waals surface area contributed by atoms with Gasteiger partial charge in [-0.25, -0.2) is 0 Å². The summed E-state index contributed by atoms with van der Waals surface area (Å²) in [7, 11) is 1.95. The molecular weight excluding hydrogens is 388 g/mol. The highest BCUT2D eigenvalue weighted by Gasteiger charge is 2.40. The maximum absolute atomic E-state index is 13.7. The van der Waals surface area contributed by atoms with Crippen LogP contribution in [-0.2, 0) is 16.1 Å². The van der Waals surface area contributed by atoms with Crippen LogP contribution >= 0.6 is 0 Å². The number of nitrogens with zero attached hydrogens (tertiary/aromatic N) is 4. The molecule has 2 heterocycles. The van der Waals surface area contributed by atoms with E-state index < -0.39 is 5.41 Å². The summed E-state index contributed by atoms with van der Waals surface area (Å²) in [6.45, 7) is 7.82. The molecule has 0 spiro atoms. The zero-order valence-electron chi connectivity index (χ0n) is 18.9. The first kappa shape index (κ1) is 21.2. The summed E-state index contributed by atoms with van der Waals surface area (Å²) < 4.78 is 0. The minimum atomic E-state index is -0.539. The Labute approximate surface area is 183 Å². The molecule has 2 aromatic rings. The first-order chi connectivity index (χ1) is 14.7. The lowest BCUT2D eigenvalue weighted by molar-refractivity contribution is -0.128. The van der Waals surface area contributed by atoms with Gasteiger partial charge in [-0.15, -0.1) is 0 Å². The summed E-state index contributed by atoms with van der Waals surface area (Å²) in [5.74, 6) is -0.164. The number of hydrogen-bond donors (Lipinski definition) is 0. The van der Waals surface area contributed by atoms with E-state index in [2.05, 4.69) is 22.5 Å². The van der Waals surface area contributed by atoms with Crippen molar-refractivity contribution in [3.05, 3.63) is 65.2 Å². The molecule has 31 heavy (non-hydrogen) atoms. The predicted molar refractivity (Wildman–Crippen MR) is 120 cm³/mol. The van der Waals surface area contributed by atoms with E-state index in [0.717, 1.165) is 22.4 Å². The van der Waals surface area contributed by atoms with Crippen molar-refractivity contribution in [2.24, 2.45) is 21.7 Å². The van der Waals surface area contributed by atoms with Crippen LogP contribution < -0.4 is 4.90 Å². The molecule has 0 fully saturated rings. The third-order valence-electron chi connectivity index (χ3n) is 6.72. The number of Topliss-reactive ketones (excluding diaryl/α,β-unsaturated/α-hetero) is 1. The highest BCUT2D eigenvalue weighted by atomic mass is 16.2. The predicted octanol–water partition coefficient (Wildman–Crippen LogP) is 5.27. The summed E-state index contributed by atoms with van der Waals surface area (Å²) >= 11 is 0. The minimum Gasteiger partial charge on any atom is -0.307 e. The number of fused-ring (bicyclic) bond motifs is 5. The second-order valence-corrected chi connectivity index (χ2v) is 9.40. The molecule has 0 radical (unpaired) electrons. The lowest BCUT2D eigenvalue weighted by atomic mass is 9.79. The van der Waals surface area contributed by atoms with E-state index in [4.69, 9.17) is 0 Å². The van der Waals surface area contributed by atoms with Crippen molar-refractivity contribution in [3.63, 3.8) is 0 Å². The molecule has 2 aromatic carbocycles. The Morgan fingerprint density at radius 1 is 1.10 bits per heavy atom. The number of anilines is 1. The van der Waals surface area contributed by atoms with Gasteiger partial charge in [-0.1, -0.05) is 68.5 Å². The molecular formula is C25H30N4O2. The van der Waals surface area contributed by atoms with Crippen LogP contribution in [0.1, 0.15) is 62.9 Å². The van der Waals surface area contributed by atoms with E-state index in [1.165, 1.54) is 0 Å². The number of likely N-dealkylation sites (N-methyl/N-ethyl adjacent to an activating group) is 1. The molecule has 162 valence electrons. The largest absolute Gasteiger partial charge is 0.307 e. The van der Waals surface area contributed by atoms with Crippen LogP contribution in [0, 0.1) is 11.3 Å². The standard InChI is InChI=1S/C25H30N4O2/c1-16(14-25(3,4)17(2)30)24(31)29-15-18-10-6-7-11-19(18)23-22(26-27-28(23)5)20-12-8-9-13-21(20)29/h6-13,16,22-23H,14-15H2,1-5H3. The lowest BCUT2D eigenvalue weighted by Crippen LogP contribution is -2.39. The molecule has 1 amide bonds. The van der Waals surface area contributed by atoms with Crippen LogP contribution in [0.4, 0.5) is 5.69 Å². The topological polar surface area (TPSA) is 65.3 Å². The van der Waals surface area contributed by atoms with Crippen LogP contribution in [0.2, 0.25) is 0 Å². The Balaban J connectivity index is 1.79. The van der Waals surface area contributed by atoms with Crippen molar-refractivity contribution >= 4 is 17.4 Å². The van der Waals surface area contributed by atoms with Gasteiger partial charge in [-0.2, -0.15) is 5.11 Å². The third kappa shape index (κ3) is 3.75. The Morgan fingerprint density at radius 3 is 2.45 bits per heavy atom. The molecule has 0 N–H and O–H groups in total. The fourth-order valence-corrected chi connectivity index (χ4v) is 4.73. The molecule has 0 aliphatic carbocycles. The number of benzene rings is 2. The van der Waals surface area contributed by atoms with E-state index in [1.807, 2.05) is 74.1 Å². The smallest absolute Gasteiger partial charge is 0.230 e. The van der Waals surface area contributed by atoms with E-state index in [1.54, 1.807) is 6.92 Å². The molecule has 2 aliphatic rings. The monoisotopic (exact) mass is 418 g/mol. The Morgan fingerprint density at radius 2 is 1.74 bits per heavy atom. The first-order valence-electron chi connectivity index (χ1n) is 10.8. The quantitative estimate of drug-likeness (QED) is 0.679. The molecule has 3 atom stereocenters. The van der Waals surface area contributed by atoms with Gasteiger partial charge < -0.3 is 4.90 Å². The number of hydrogen-bond acceptors (Lipinski definition) is 5. The Kier molecular flexibility index (Phi) is 5.42. The highest BCUT2D eigenvalue weighted by molar-refractivity contribution is 5.96. The number of ketones is 1. The van der Waals surface area contributed by atoms with Crippen LogP contribution in [-0.4, -0.2) is 23.7 Å². The van der Waals surface area contributed by atoms with Crippen molar-refractivity contribution < 1.29 is 9.59 Å². The van der Waals surface area contributed by atoms with E-state index in [-0.39, 0.29) is 29.7 Å². The summed E-state index contributed by atoms with van der Waals surface area (Å²) in [4.78, 5) is 27.7. The van der Waals surface area contributed by atoms with E-state index in [9.17, 15) is 9.59 Å². The number of amides is 1. The number of carbonyl (C=O) groups excluding carboxylic acids is 2. The van der Waals surface area contributed by atoms with Gasteiger partial charge in [0, 0.05) is 29.6 Å². The van der Waals surface area contributed by atoms with Gasteiger partial charge >= 0.3 is 0 Å². The van der Waals surface area contributed by atoms with Gasteiger partial charge in [0.1, 0.15) is 17.9 Å². The molecule has 3 unspecified atom stereocenters. The number of para-hydroxylation sites is 1. The zero-order valence-corrected chi connectivity index (χ0v) is 18.9. The third-order valence-corrected chi connectivity index (χ3v) is 6.72. The van der Waals surface area contributed by atoms with Gasteiger partial charge in [-0.3, -0.25) is 14.6 Å². The molecule has 4 rings (SSSR count). The van der Waals surface area contributed by atoms with Gasteiger partial charge in [0.05, 0.1) is 6.54 Å².